The largest absolute Gasteiger partial charge is 0.444 e. The predicted octanol–water partition coefficient (Wildman–Crippen LogP) is 2.86. The Morgan fingerprint density at radius 1 is 1.35 bits per heavy atom. The molecule has 1 aliphatic carbocycles. The lowest BCUT2D eigenvalue weighted by Crippen LogP contribution is -2.46. The van der Waals surface area contributed by atoms with Crippen LogP contribution in [0, 0.1) is 23.2 Å². The third-order valence-electron chi connectivity index (χ3n) is 5.08. The second kappa shape index (κ2) is 4.90. The summed E-state index contributed by atoms with van der Waals surface area (Å²) in [6, 6.07) is 0.322. The zero-order valence-corrected chi connectivity index (χ0v) is 13.8. The molecule has 1 heterocycles. The van der Waals surface area contributed by atoms with Gasteiger partial charge in [0.05, 0.1) is 0 Å². The third-order valence-corrected chi connectivity index (χ3v) is 5.08. The SMILES string of the molecule is CC1CN(C(=O)OC(C)(C)C)CCC1C1C(N)C1(C)C. The van der Waals surface area contributed by atoms with E-state index in [0.29, 0.717) is 23.8 Å². The van der Waals surface area contributed by atoms with E-state index in [-0.39, 0.29) is 11.5 Å². The fourth-order valence-electron chi connectivity index (χ4n) is 3.73. The van der Waals surface area contributed by atoms with Gasteiger partial charge in [-0.05, 0) is 50.4 Å². The molecular weight excluding hydrogens is 252 g/mol. The molecule has 0 radical (unpaired) electrons. The van der Waals surface area contributed by atoms with Gasteiger partial charge in [0.25, 0.3) is 0 Å². The van der Waals surface area contributed by atoms with Gasteiger partial charge in [0.15, 0.2) is 0 Å². The standard InChI is InChI=1S/C16H30N2O2/c1-10-9-18(14(19)20-15(2,3)4)8-7-11(10)12-13(17)16(12,5)6/h10-13H,7-9,17H2,1-6H3. The van der Waals surface area contributed by atoms with Crippen molar-refractivity contribution >= 4 is 6.09 Å². The van der Waals surface area contributed by atoms with Crippen molar-refractivity contribution in [2.45, 2.75) is 59.6 Å². The van der Waals surface area contributed by atoms with E-state index >= 15 is 0 Å². The first-order chi connectivity index (χ1) is 9.04. The van der Waals surface area contributed by atoms with E-state index in [0.717, 1.165) is 19.5 Å². The minimum Gasteiger partial charge on any atom is -0.444 e. The molecule has 1 saturated heterocycles. The van der Waals surface area contributed by atoms with E-state index in [9.17, 15) is 4.79 Å². The molecule has 1 amide bonds. The van der Waals surface area contributed by atoms with Gasteiger partial charge in [-0.15, -0.1) is 0 Å². The average molecular weight is 282 g/mol. The highest BCUT2D eigenvalue weighted by Gasteiger charge is 2.60. The predicted molar refractivity (Wildman–Crippen MR) is 80.3 cm³/mol. The Kier molecular flexibility index (Phi) is 3.83. The lowest BCUT2D eigenvalue weighted by atomic mass is 9.81. The maximum atomic E-state index is 12.1. The number of carbonyl (C=O) groups excluding carboxylic acids is 1. The van der Waals surface area contributed by atoms with Crippen LogP contribution in [0.5, 0.6) is 0 Å². The van der Waals surface area contributed by atoms with Crippen LogP contribution in [-0.4, -0.2) is 35.7 Å². The zero-order valence-electron chi connectivity index (χ0n) is 13.8. The molecule has 4 atom stereocenters. The van der Waals surface area contributed by atoms with Crippen molar-refractivity contribution in [2.75, 3.05) is 13.1 Å². The van der Waals surface area contributed by atoms with Crippen molar-refractivity contribution in [3.63, 3.8) is 0 Å². The van der Waals surface area contributed by atoms with E-state index in [4.69, 9.17) is 10.5 Å². The van der Waals surface area contributed by atoms with Crippen LogP contribution in [0.4, 0.5) is 4.79 Å². The van der Waals surface area contributed by atoms with Gasteiger partial charge in [-0.2, -0.15) is 0 Å². The van der Waals surface area contributed by atoms with Crippen molar-refractivity contribution < 1.29 is 9.53 Å². The fraction of sp³-hybridized carbons (Fsp3) is 0.938. The fourth-order valence-corrected chi connectivity index (χ4v) is 3.73. The summed E-state index contributed by atoms with van der Waals surface area (Å²) < 4.78 is 5.46. The molecule has 1 saturated carbocycles. The molecule has 4 heteroatoms. The molecule has 1 aliphatic heterocycles. The first-order valence-corrected chi connectivity index (χ1v) is 7.77. The highest BCUT2D eigenvalue weighted by Crippen LogP contribution is 2.57. The molecule has 0 aromatic rings. The van der Waals surface area contributed by atoms with Crippen molar-refractivity contribution in [3.8, 4) is 0 Å². The van der Waals surface area contributed by atoms with Gasteiger partial charge < -0.3 is 15.4 Å². The molecule has 20 heavy (non-hydrogen) atoms. The first kappa shape index (κ1) is 15.6. The maximum absolute atomic E-state index is 12.1. The van der Waals surface area contributed by atoms with Gasteiger partial charge in [0.2, 0.25) is 0 Å². The molecule has 2 N–H and O–H groups in total. The minimum atomic E-state index is -0.419. The Morgan fingerprint density at radius 3 is 2.30 bits per heavy atom. The molecule has 4 unspecified atom stereocenters. The topological polar surface area (TPSA) is 55.6 Å². The van der Waals surface area contributed by atoms with Crippen LogP contribution in [0.25, 0.3) is 0 Å². The van der Waals surface area contributed by atoms with E-state index in [1.54, 1.807) is 0 Å². The Morgan fingerprint density at radius 2 is 1.90 bits per heavy atom. The van der Waals surface area contributed by atoms with Gasteiger partial charge in [-0.3, -0.25) is 0 Å². The number of ether oxygens (including phenoxy) is 1. The van der Waals surface area contributed by atoms with E-state index in [1.807, 2.05) is 25.7 Å². The van der Waals surface area contributed by atoms with Crippen LogP contribution in [0.3, 0.4) is 0 Å². The summed E-state index contributed by atoms with van der Waals surface area (Å²) in [6.45, 7) is 14.1. The van der Waals surface area contributed by atoms with Crippen LogP contribution in [0.2, 0.25) is 0 Å². The molecule has 116 valence electrons. The number of likely N-dealkylation sites (tertiary alicyclic amines) is 1. The summed E-state index contributed by atoms with van der Waals surface area (Å²) in [6.07, 6.45) is 0.865. The van der Waals surface area contributed by atoms with Crippen molar-refractivity contribution in [3.05, 3.63) is 0 Å². The maximum Gasteiger partial charge on any atom is 0.410 e. The number of nitrogens with zero attached hydrogens (tertiary/aromatic N) is 1. The normalized spacial score (nSPS) is 36.6. The molecular formula is C16H30N2O2. The number of nitrogens with two attached hydrogens (primary N) is 1. The van der Waals surface area contributed by atoms with Crippen LogP contribution in [0.1, 0.15) is 48.0 Å². The monoisotopic (exact) mass is 282 g/mol. The Bertz CT molecular complexity index is 386. The van der Waals surface area contributed by atoms with Gasteiger partial charge in [0.1, 0.15) is 5.60 Å². The average Bonchev–Trinajstić information content (AvgIpc) is 2.76. The van der Waals surface area contributed by atoms with Crippen molar-refractivity contribution in [1.29, 1.82) is 0 Å². The van der Waals surface area contributed by atoms with Crippen molar-refractivity contribution in [1.82, 2.24) is 4.90 Å². The number of rotatable bonds is 1. The molecule has 4 nitrogen and oxygen atoms in total. The van der Waals surface area contributed by atoms with E-state index in [2.05, 4.69) is 20.8 Å². The summed E-state index contributed by atoms with van der Waals surface area (Å²) in [5.41, 5.74) is 6.06. The molecule has 0 aromatic carbocycles. The number of hydrogen-bond donors (Lipinski definition) is 1. The molecule has 2 aliphatic rings. The van der Waals surface area contributed by atoms with Gasteiger partial charge in [-0.1, -0.05) is 20.8 Å². The molecule has 0 bridgehead atoms. The highest BCUT2D eigenvalue weighted by molar-refractivity contribution is 5.68. The van der Waals surface area contributed by atoms with Gasteiger partial charge in [0, 0.05) is 19.1 Å². The van der Waals surface area contributed by atoms with Crippen LogP contribution in [-0.2, 0) is 4.74 Å². The molecule has 2 fully saturated rings. The van der Waals surface area contributed by atoms with Gasteiger partial charge in [-0.25, -0.2) is 4.79 Å². The zero-order chi connectivity index (χ0) is 15.3. The summed E-state index contributed by atoms with van der Waals surface area (Å²) in [5.74, 6) is 1.74. The number of hydrogen-bond acceptors (Lipinski definition) is 3. The van der Waals surface area contributed by atoms with Crippen LogP contribution >= 0.6 is 0 Å². The summed E-state index contributed by atoms with van der Waals surface area (Å²) in [7, 11) is 0. The van der Waals surface area contributed by atoms with Gasteiger partial charge >= 0.3 is 6.09 Å². The molecule has 0 spiro atoms. The quantitative estimate of drug-likeness (QED) is 0.804. The lowest BCUT2D eigenvalue weighted by Gasteiger charge is -2.38. The number of amides is 1. The van der Waals surface area contributed by atoms with E-state index in [1.165, 1.54) is 0 Å². The minimum absolute atomic E-state index is 0.179. The second-order valence-corrected chi connectivity index (χ2v) is 8.23. The highest BCUT2D eigenvalue weighted by atomic mass is 16.6. The summed E-state index contributed by atoms with van der Waals surface area (Å²) in [4.78, 5) is 14.0. The molecule has 2 rings (SSSR count). The second-order valence-electron chi connectivity index (χ2n) is 8.23. The number of piperidine rings is 1. The Balaban J connectivity index is 1.92. The summed E-state index contributed by atoms with van der Waals surface area (Å²) >= 11 is 0. The summed E-state index contributed by atoms with van der Waals surface area (Å²) in [5, 5.41) is 0. The first-order valence-electron chi connectivity index (χ1n) is 7.77. The molecule has 0 aromatic heterocycles. The third kappa shape index (κ3) is 2.95. The van der Waals surface area contributed by atoms with E-state index < -0.39 is 5.60 Å². The Labute approximate surface area is 123 Å². The van der Waals surface area contributed by atoms with Crippen molar-refractivity contribution in [2.24, 2.45) is 28.9 Å². The smallest absolute Gasteiger partial charge is 0.410 e. The lowest BCUT2D eigenvalue weighted by molar-refractivity contribution is 0.00922. The van der Waals surface area contributed by atoms with Crippen LogP contribution in [0.15, 0.2) is 0 Å². The van der Waals surface area contributed by atoms with Crippen LogP contribution < -0.4 is 5.73 Å². The Hall–Kier alpha value is -0.770. The number of carbonyl (C=O) groups is 1.